The minimum absolute atomic E-state index is 0.0608. The third kappa shape index (κ3) is 2.27. The molecule has 0 bridgehead atoms. The topological polar surface area (TPSA) is 12.5 Å². The number of likely N-dealkylation sites (N-methyl/N-ethyl adjacent to an activating group) is 1. The SMILES string of the molecule is CN1CCCOC(C)(C)C1. The van der Waals surface area contributed by atoms with Crippen molar-refractivity contribution in [3.63, 3.8) is 0 Å². The summed E-state index contributed by atoms with van der Waals surface area (Å²) in [5.74, 6) is 0. The van der Waals surface area contributed by atoms with E-state index in [0.717, 1.165) is 13.2 Å². The van der Waals surface area contributed by atoms with Crippen molar-refractivity contribution < 1.29 is 4.74 Å². The van der Waals surface area contributed by atoms with Gasteiger partial charge in [-0.15, -0.1) is 0 Å². The van der Waals surface area contributed by atoms with Crippen LogP contribution in [0.2, 0.25) is 0 Å². The van der Waals surface area contributed by atoms with E-state index in [-0.39, 0.29) is 5.60 Å². The summed E-state index contributed by atoms with van der Waals surface area (Å²) < 4.78 is 5.62. The highest BCUT2D eigenvalue weighted by Crippen LogP contribution is 2.14. The third-order valence-electron chi connectivity index (χ3n) is 1.83. The maximum absolute atomic E-state index is 5.62. The molecule has 0 aromatic rings. The minimum Gasteiger partial charge on any atom is -0.374 e. The Kier molecular flexibility index (Phi) is 2.32. The normalized spacial score (nSPS) is 27.9. The van der Waals surface area contributed by atoms with E-state index in [2.05, 4.69) is 25.8 Å². The first-order chi connectivity index (χ1) is 4.60. The molecule has 0 saturated carbocycles. The van der Waals surface area contributed by atoms with Crippen LogP contribution in [0.5, 0.6) is 0 Å². The standard InChI is InChI=1S/C8H17NO/c1-8(2)7-9(3)5-4-6-10-8/h4-7H2,1-3H3. The van der Waals surface area contributed by atoms with Crippen molar-refractivity contribution in [3.05, 3.63) is 0 Å². The Hall–Kier alpha value is -0.0800. The first kappa shape index (κ1) is 8.02. The van der Waals surface area contributed by atoms with Crippen molar-refractivity contribution >= 4 is 0 Å². The Morgan fingerprint density at radius 1 is 1.40 bits per heavy atom. The van der Waals surface area contributed by atoms with Gasteiger partial charge in [-0.1, -0.05) is 0 Å². The molecule has 2 heteroatoms. The summed E-state index contributed by atoms with van der Waals surface area (Å²) in [7, 11) is 2.15. The molecule has 0 N–H and O–H groups in total. The lowest BCUT2D eigenvalue weighted by Crippen LogP contribution is -2.36. The monoisotopic (exact) mass is 143 g/mol. The van der Waals surface area contributed by atoms with Gasteiger partial charge in [-0.2, -0.15) is 0 Å². The molecule has 0 aromatic carbocycles. The van der Waals surface area contributed by atoms with Crippen LogP contribution in [0.3, 0.4) is 0 Å². The van der Waals surface area contributed by atoms with Gasteiger partial charge in [-0.05, 0) is 27.3 Å². The summed E-state index contributed by atoms with van der Waals surface area (Å²) in [6, 6.07) is 0. The average Bonchev–Trinajstić information content (AvgIpc) is 1.90. The van der Waals surface area contributed by atoms with E-state index in [1.54, 1.807) is 0 Å². The van der Waals surface area contributed by atoms with Gasteiger partial charge in [0.15, 0.2) is 0 Å². The van der Waals surface area contributed by atoms with E-state index in [1.165, 1.54) is 13.0 Å². The summed E-state index contributed by atoms with van der Waals surface area (Å²) in [6.45, 7) is 7.43. The molecule has 0 amide bonds. The zero-order chi connectivity index (χ0) is 7.61. The van der Waals surface area contributed by atoms with Crippen molar-refractivity contribution in [2.75, 3.05) is 26.7 Å². The zero-order valence-corrected chi connectivity index (χ0v) is 7.18. The maximum Gasteiger partial charge on any atom is 0.0752 e. The van der Waals surface area contributed by atoms with Crippen LogP contribution in [0.4, 0.5) is 0 Å². The Morgan fingerprint density at radius 3 is 2.80 bits per heavy atom. The Bertz CT molecular complexity index is 112. The predicted molar refractivity (Wildman–Crippen MR) is 42.1 cm³/mol. The number of ether oxygens (including phenoxy) is 1. The minimum atomic E-state index is 0.0608. The molecule has 10 heavy (non-hydrogen) atoms. The Morgan fingerprint density at radius 2 is 2.10 bits per heavy atom. The quantitative estimate of drug-likeness (QED) is 0.504. The highest BCUT2D eigenvalue weighted by Gasteiger charge is 2.22. The van der Waals surface area contributed by atoms with Crippen LogP contribution in [0.1, 0.15) is 20.3 Å². The highest BCUT2D eigenvalue weighted by molar-refractivity contribution is 4.75. The molecule has 1 aliphatic heterocycles. The maximum atomic E-state index is 5.62. The summed E-state index contributed by atoms with van der Waals surface area (Å²) in [4.78, 5) is 2.33. The van der Waals surface area contributed by atoms with Crippen LogP contribution < -0.4 is 0 Å². The van der Waals surface area contributed by atoms with E-state index in [0.29, 0.717) is 0 Å². The van der Waals surface area contributed by atoms with E-state index in [9.17, 15) is 0 Å². The Labute approximate surface area is 63.2 Å². The molecule has 0 spiro atoms. The molecule has 0 atom stereocenters. The smallest absolute Gasteiger partial charge is 0.0752 e. The van der Waals surface area contributed by atoms with E-state index < -0.39 is 0 Å². The van der Waals surface area contributed by atoms with Crippen molar-refractivity contribution in [1.82, 2.24) is 4.90 Å². The largest absolute Gasteiger partial charge is 0.374 e. The van der Waals surface area contributed by atoms with Crippen molar-refractivity contribution in [1.29, 1.82) is 0 Å². The molecule has 0 aliphatic carbocycles. The molecule has 0 radical (unpaired) electrons. The summed E-state index contributed by atoms with van der Waals surface area (Å²) in [6.07, 6.45) is 1.17. The van der Waals surface area contributed by atoms with Gasteiger partial charge in [0.25, 0.3) is 0 Å². The van der Waals surface area contributed by atoms with Crippen LogP contribution >= 0.6 is 0 Å². The van der Waals surface area contributed by atoms with Crippen molar-refractivity contribution in [3.8, 4) is 0 Å². The van der Waals surface area contributed by atoms with Crippen molar-refractivity contribution in [2.24, 2.45) is 0 Å². The molecule has 60 valence electrons. The number of hydrogen-bond acceptors (Lipinski definition) is 2. The molecule has 0 unspecified atom stereocenters. The number of hydrogen-bond donors (Lipinski definition) is 0. The first-order valence-electron chi connectivity index (χ1n) is 3.93. The summed E-state index contributed by atoms with van der Waals surface area (Å²) in [5.41, 5.74) is 0.0608. The molecular weight excluding hydrogens is 126 g/mol. The van der Waals surface area contributed by atoms with Gasteiger partial charge in [0, 0.05) is 19.7 Å². The molecule has 0 aromatic heterocycles. The van der Waals surface area contributed by atoms with Gasteiger partial charge >= 0.3 is 0 Å². The summed E-state index contributed by atoms with van der Waals surface area (Å²) in [5, 5.41) is 0. The molecule has 2 nitrogen and oxygen atoms in total. The van der Waals surface area contributed by atoms with Gasteiger partial charge in [-0.3, -0.25) is 0 Å². The number of nitrogens with zero attached hydrogens (tertiary/aromatic N) is 1. The van der Waals surface area contributed by atoms with Crippen LogP contribution in [-0.4, -0.2) is 37.2 Å². The van der Waals surface area contributed by atoms with Gasteiger partial charge in [0.1, 0.15) is 0 Å². The average molecular weight is 143 g/mol. The molecule has 1 rings (SSSR count). The lowest BCUT2D eigenvalue weighted by atomic mass is 10.1. The first-order valence-corrected chi connectivity index (χ1v) is 3.93. The molecule has 1 aliphatic rings. The summed E-state index contributed by atoms with van der Waals surface area (Å²) >= 11 is 0. The lowest BCUT2D eigenvalue weighted by Gasteiger charge is -2.26. The fraction of sp³-hybridized carbons (Fsp3) is 1.00. The molecular formula is C8H17NO. The van der Waals surface area contributed by atoms with E-state index in [1.807, 2.05) is 0 Å². The molecule has 1 saturated heterocycles. The fourth-order valence-electron chi connectivity index (χ4n) is 1.46. The molecule has 1 heterocycles. The van der Waals surface area contributed by atoms with Crippen LogP contribution in [0, 0.1) is 0 Å². The van der Waals surface area contributed by atoms with Gasteiger partial charge in [-0.25, -0.2) is 0 Å². The zero-order valence-electron chi connectivity index (χ0n) is 7.18. The second-order valence-electron chi connectivity index (χ2n) is 3.70. The van der Waals surface area contributed by atoms with Gasteiger partial charge in [0.2, 0.25) is 0 Å². The fourth-order valence-corrected chi connectivity index (χ4v) is 1.46. The van der Waals surface area contributed by atoms with E-state index in [4.69, 9.17) is 4.74 Å². The van der Waals surface area contributed by atoms with Crippen LogP contribution in [0.15, 0.2) is 0 Å². The Balaban J connectivity index is 2.46. The van der Waals surface area contributed by atoms with Crippen LogP contribution in [0.25, 0.3) is 0 Å². The lowest BCUT2D eigenvalue weighted by molar-refractivity contribution is -0.0145. The third-order valence-corrected chi connectivity index (χ3v) is 1.83. The van der Waals surface area contributed by atoms with Gasteiger partial charge in [0.05, 0.1) is 5.60 Å². The molecule has 1 fully saturated rings. The predicted octanol–water partition coefficient (Wildman–Crippen LogP) is 1.12. The second-order valence-corrected chi connectivity index (χ2v) is 3.70. The van der Waals surface area contributed by atoms with E-state index >= 15 is 0 Å². The van der Waals surface area contributed by atoms with Crippen LogP contribution in [-0.2, 0) is 4.74 Å². The highest BCUT2D eigenvalue weighted by atomic mass is 16.5. The number of rotatable bonds is 0. The van der Waals surface area contributed by atoms with Gasteiger partial charge < -0.3 is 9.64 Å². The van der Waals surface area contributed by atoms with Crippen molar-refractivity contribution in [2.45, 2.75) is 25.9 Å². The second kappa shape index (κ2) is 2.89.